The lowest BCUT2D eigenvalue weighted by molar-refractivity contribution is -0.0148. The van der Waals surface area contributed by atoms with Crippen molar-refractivity contribution < 1.29 is 13.5 Å². The summed E-state index contributed by atoms with van der Waals surface area (Å²) < 4.78 is 31.6. The van der Waals surface area contributed by atoms with Gasteiger partial charge >= 0.3 is 0 Å². The fourth-order valence-corrected chi connectivity index (χ4v) is 1.35. The minimum Gasteiger partial charge on any atom is -0.374 e. The molecule has 1 aromatic carbocycles. The Bertz CT molecular complexity index is 357. The molecule has 1 aromatic rings. The van der Waals surface area contributed by atoms with Gasteiger partial charge in [0.1, 0.15) is 11.6 Å². The molecule has 0 aliphatic rings. The Kier molecular flexibility index (Phi) is 4.56. The van der Waals surface area contributed by atoms with Crippen molar-refractivity contribution in [2.75, 3.05) is 6.61 Å². The van der Waals surface area contributed by atoms with Gasteiger partial charge in [-0.1, -0.05) is 0 Å². The number of benzene rings is 1. The van der Waals surface area contributed by atoms with Gasteiger partial charge in [-0.15, -0.1) is 0 Å². The quantitative estimate of drug-likeness (QED) is 0.631. The second kappa shape index (κ2) is 5.53. The van der Waals surface area contributed by atoms with Gasteiger partial charge in [-0.3, -0.25) is 11.3 Å². The third-order valence-corrected chi connectivity index (χ3v) is 2.17. The minimum absolute atomic E-state index is 0.239. The second-order valence-corrected chi connectivity index (χ2v) is 4.85. The van der Waals surface area contributed by atoms with E-state index in [2.05, 4.69) is 5.43 Å². The molecule has 1 rings (SSSR count). The van der Waals surface area contributed by atoms with Crippen molar-refractivity contribution in [1.29, 1.82) is 0 Å². The molecule has 0 radical (unpaired) electrons. The normalized spacial score (nSPS) is 13.8. The van der Waals surface area contributed by atoms with Crippen molar-refractivity contribution in [3.8, 4) is 0 Å². The summed E-state index contributed by atoms with van der Waals surface area (Å²) in [6, 6.07) is 2.85. The van der Waals surface area contributed by atoms with Gasteiger partial charge in [0.15, 0.2) is 0 Å². The van der Waals surface area contributed by atoms with E-state index in [1.807, 2.05) is 20.8 Å². The first kappa shape index (κ1) is 14.0. The van der Waals surface area contributed by atoms with E-state index in [0.29, 0.717) is 5.56 Å². The SMILES string of the molecule is CC(C)(C)OCC(NN)c1cc(F)cc(F)c1. The Labute approximate surface area is 99.9 Å². The lowest BCUT2D eigenvalue weighted by Gasteiger charge is -2.24. The van der Waals surface area contributed by atoms with Crippen LogP contribution in [-0.4, -0.2) is 12.2 Å². The maximum absolute atomic E-state index is 13.0. The van der Waals surface area contributed by atoms with E-state index >= 15 is 0 Å². The standard InChI is InChI=1S/C12H18F2N2O/c1-12(2,3)17-7-11(16-15)8-4-9(13)6-10(14)5-8/h4-6,11,16H,7,15H2,1-3H3. The van der Waals surface area contributed by atoms with Crippen LogP contribution in [-0.2, 0) is 4.74 Å². The lowest BCUT2D eigenvalue weighted by Crippen LogP contribution is -2.34. The number of halogens is 2. The number of ether oxygens (including phenoxy) is 1. The zero-order valence-electron chi connectivity index (χ0n) is 10.3. The van der Waals surface area contributed by atoms with Gasteiger partial charge in [-0.2, -0.15) is 0 Å². The summed E-state index contributed by atoms with van der Waals surface area (Å²) in [4.78, 5) is 0. The Morgan fingerprint density at radius 3 is 2.18 bits per heavy atom. The average Bonchev–Trinajstić information content (AvgIpc) is 2.15. The maximum atomic E-state index is 13.0. The van der Waals surface area contributed by atoms with Crippen LogP contribution >= 0.6 is 0 Å². The number of hydrazine groups is 1. The Hall–Kier alpha value is -1.04. The predicted octanol–water partition coefficient (Wildman–Crippen LogP) is 2.28. The topological polar surface area (TPSA) is 47.3 Å². The van der Waals surface area contributed by atoms with Crippen LogP contribution in [0, 0.1) is 11.6 Å². The zero-order chi connectivity index (χ0) is 13.1. The van der Waals surface area contributed by atoms with Crippen LogP contribution in [0.4, 0.5) is 8.78 Å². The van der Waals surface area contributed by atoms with Crippen LogP contribution in [0.3, 0.4) is 0 Å². The zero-order valence-corrected chi connectivity index (χ0v) is 10.3. The predicted molar refractivity (Wildman–Crippen MR) is 62.1 cm³/mol. The molecule has 17 heavy (non-hydrogen) atoms. The smallest absolute Gasteiger partial charge is 0.126 e. The third kappa shape index (κ3) is 4.77. The number of nitrogens with two attached hydrogens (primary N) is 1. The van der Waals surface area contributed by atoms with Crippen LogP contribution in [0.25, 0.3) is 0 Å². The molecule has 5 heteroatoms. The van der Waals surface area contributed by atoms with Gasteiger partial charge in [0.05, 0.1) is 18.2 Å². The summed E-state index contributed by atoms with van der Waals surface area (Å²) in [7, 11) is 0. The lowest BCUT2D eigenvalue weighted by atomic mass is 10.1. The van der Waals surface area contributed by atoms with Crippen molar-refractivity contribution >= 4 is 0 Å². The molecule has 0 aliphatic carbocycles. The van der Waals surface area contributed by atoms with E-state index in [0.717, 1.165) is 6.07 Å². The number of rotatable bonds is 4. The van der Waals surface area contributed by atoms with Gasteiger partial charge in [0.25, 0.3) is 0 Å². The van der Waals surface area contributed by atoms with E-state index < -0.39 is 17.7 Å². The third-order valence-electron chi connectivity index (χ3n) is 2.17. The fourth-order valence-electron chi connectivity index (χ4n) is 1.35. The summed E-state index contributed by atoms with van der Waals surface area (Å²) in [6.45, 7) is 5.93. The first-order valence-corrected chi connectivity index (χ1v) is 5.38. The van der Waals surface area contributed by atoms with Crippen molar-refractivity contribution in [2.24, 2.45) is 5.84 Å². The Morgan fingerprint density at radius 1 is 1.24 bits per heavy atom. The molecule has 0 aliphatic heterocycles. The Balaban J connectivity index is 2.79. The highest BCUT2D eigenvalue weighted by molar-refractivity contribution is 5.21. The Morgan fingerprint density at radius 2 is 1.76 bits per heavy atom. The van der Waals surface area contributed by atoms with Crippen molar-refractivity contribution in [1.82, 2.24) is 5.43 Å². The molecule has 0 heterocycles. The summed E-state index contributed by atoms with van der Waals surface area (Å²) in [6.07, 6.45) is 0. The molecular formula is C12H18F2N2O. The highest BCUT2D eigenvalue weighted by Crippen LogP contribution is 2.18. The maximum Gasteiger partial charge on any atom is 0.126 e. The molecule has 96 valence electrons. The monoisotopic (exact) mass is 244 g/mol. The van der Waals surface area contributed by atoms with Gasteiger partial charge in [0.2, 0.25) is 0 Å². The molecular weight excluding hydrogens is 226 g/mol. The molecule has 0 spiro atoms. The van der Waals surface area contributed by atoms with Crippen LogP contribution in [0.5, 0.6) is 0 Å². The minimum atomic E-state index is -0.629. The van der Waals surface area contributed by atoms with Gasteiger partial charge in [0, 0.05) is 6.07 Å². The molecule has 0 saturated carbocycles. The summed E-state index contributed by atoms with van der Waals surface area (Å²) in [5.41, 5.74) is 2.58. The number of hydrogen-bond acceptors (Lipinski definition) is 3. The van der Waals surface area contributed by atoms with Crippen LogP contribution in [0.15, 0.2) is 18.2 Å². The van der Waals surface area contributed by atoms with E-state index in [9.17, 15) is 8.78 Å². The van der Waals surface area contributed by atoms with E-state index in [4.69, 9.17) is 10.6 Å². The summed E-state index contributed by atoms with van der Waals surface area (Å²) >= 11 is 0. The number of nitrogens with one attached hydrogen (secondary N) is 1. The van der Waals surface area contributed by atoms with Crippen LogP contribution in [0.1, 0.15) is 32.4 Å². The summed E-state index contributed by atoms with van der Waals surface area (Å²) in [5, 5.41) is 0. The molecule has 3 nitrogen and oxygen atoms in total. The van der Waals surface area contributed by atoms with Crippen LogP contribution < -0.4 is 11.3 Å². The van der Waals surface area contributed by atoms with Crippen molar-refractivity contribution in [3.63, 3.8) is 0 Å². The second-order valence-electron chi connectivity index (χ2n) is 4.85. The van der Waals surface area contributed by atoms with Gasteiger partial charge < -0.3 is 4.74 Å². The molecule has 0 fully saturated rings. The van der Waals surface area contributed by atoms with Crippen LogP contribution in [0.2, 0.25) is 0 Å². The first-order chi connectivity index (χ1) is 7.81. The van der Waals surface area contributed by atoms with Crippen molar-refractivity contribution in [3.05, 3.63) is 35.4 Å². The van der Waals surface area contributed by atoms with Gasteiger partial charge in [-0.05, 0) is 38.5 Å². The molecule has 0 bridgehead atoms. The van der Waals surface area contributed by atoms with E-state index in [-0.39, 0.29) is 12.2 Å². The van der Waals surface area contributed by atoms with E-state index in [1.165, 1.54) is 12.1 Å². The molecule has 1 unspecified atom stereocenters. The molecule has 0 aromatic heterocycles. The highest BCUT2D eigenvalue weighted by Gasteiger charge is 2.17. The molecule has 1 atom stereocenters. The van der Waals surface area contributed by atoms with Gasteiger partial charge in [-0.25, -0.2) is 8.78 Å². The molecule has 0 amide bonds. The molecule has 3 N–H and O–H groups in total. The molecule has 0 saturated heterocycles. The summed E-state index contributed by atoms with van der Waals surface area (Å²) in [5.74, 6) is 4.10. The first-order valence-electron chi connectivity index (χ1n) is 5.38. The van der Waals surface area contributed by atoms with Crippen molar-refractivity contribution in [2.45, 2.75) is 32.4 Å². The fraction of sp³-hybridized carbons (Fsp3) is 0.500. The number of hydrogen-bond donors (Lipinski definition) is 2. The largest absolute Gasteiger partial charge is 0.374 e. The highest BCUT2D eigenvalue weighted by atomic mass is 19.1. The average molecular weight is 244 g/mol. The van der Waals surface area contributed by atoms with E-state index in [1.54, 1.807) is 0 Å².